The molecule has 2 atom stereocenters. The highest BCUT2D eigenvalue weighted by molar-refractivity contribution is 5.78. The summed E-state index contributed by atoms with van der Waals surface area (Å²) in [7, 11) is 5.03. The van der Waals surface area contributed by atoms with E-state index in [2.05, 4.69) is 31.1 Å². The van der Waals surface area contributed by atoms with Gasteiger partial charge in [-0.1, -0.05) is 19.9 Å². The second-order valence-electron chi connectivity index (χ2n) is 7.26. The number of nitrogens with zero attached hydrogens (tertiary/aromatic N) is 1. The van der Waals surface area contributed by atoms with Gasteiger partial charge in [-0.05, 0) is 37.5 Å². The van der Waals surface area contributed by atoms with Gasteiger partial charge in [-0.15, -0.1) is 0 Å². The van der Waals surface area contributed by atoms with Gasteiger partial charge in [-0.25, -0.2) is 0 Å². The second-order valence-corrected chi connectivity index (χ2v) is 7.26. The summed E-state index contributed by atoms with van der Waals surface area (Å²) in [5.41, 5.74) is 7.07. The SMILES string of the molecule is COc1ccc(CCN=C(N)NC2CC(C)(OC)C2(C)C)cc1OC. The molecule has 1 aliphatic rings. The number of methoxy groups -OCH3 is 3. The smallest absolute Gasteiger partial charge is 0.188 e. The van der Waals surface area contributed by atoms with E-state index in [9.17, 15) is 0 Å². The molecule has 2 rings (SSSR count). The van der Waals surface area contributed by atoms with Crippen LogP contribution in [-0.2, 0) is 11.2 Å². The van der Waals surface area contributed by atoms with Crippen molar-refractivity contribution in [3.8, 4) is 11.5 Å². The third-order valence-corrected chi connectivity index (χ3v) is 5.73. The van der Waals surface area contributed by atoms with Crippen LogP contribution in [0, 0.1) is 5.41 Å². The number of hydrogen-bond acceptors (Lipinski definition) is 4. The van der Waals surface area contributed by atoms with Crippen LogP contribution in [0.25, 0.3) is 0 Å². The molecule has 6 heteroatoms. The van der Waals surface area contributed by atoms with E-state index in [1.54, 1.807) is 21.3 Å². The average molecular weight is 349 g/mol. The van der Waals surface area contributed by atoms with Crippen molar-refractivity contribution < 1.29 is 14.2 Å². The molecule has 140 valence electrons. The zero-order chi connectivity index (χ0) is 18.7. The molecule has 1 fully saturated rings. The van der Waals surface area contributed by atoms with Crippen molar-refractivity contribution >= 4 is 5.96 Å². The molecule has 0 aliphatic heterocycles. The molecular formula is C19H31N3O3. The van der Waals surface area contributed by atoms with Crippen molar-refractivity contribution in [3.63, 3.8) is 0 Å². The lowest BCUT2D eigenvalue weighted by molar-refractivity contribution is -0.176. The summed E-state index contributed by atoms with van der Waals surface area (Å²) in [4.78, 5) is 4.45. The minimum absolute atomic E-state index is 0.00520. The highest BCUT2D eigenvalue weighted by Crippen LogP contribution is 2.51. The van der Waals surface area contributed by atoms with E-state index in [4.69, 9.17) is 19.9 Å². The van der Waals surface area contributed by atoms with Crippen molar-refractivity contribution in [2.24, 2.45) is 16.1 Å². The third kappa shape index (κ3) is 3.84. The molecule has 1 aromatic carbocycles. The normalized spacial score (nSPS) is 25.2. The van der Waals surface area contributed by atoms with Crippen molar-refractivity contribution in [1.82, 2.24) is 5.32 Å². The maximum atomic E-state index is 6.05. The summed E-state index contributed by atoms with van der Waals surface area (Å²) in [5.74, 6) is 1.94. The highest BCUT2D eigenvalue weighted by atomic mass is 16.5. The van der Waals surface area contributed by atoms with Crippen LogP contribution < -0.4 is 20.5 Å². The fourth-order valence-corrected chi connectivity index (χ4v) is 3.29. The van der Waals surface area contributed by atoms with E-state index in [0.717, 1.165) is 29.9 Å². The fourth-order valence-electron chi connectivity index (χ4n) is 3.29. The molecule has 0 aromatic heterocycles. The monoisotopic (exact) mass is 349 g/mol. The van der Waals surface area contributed by atoms with Crippen molar-refractivity contribution in [2.45, 2.75) is 45.3 Å². The Bertz CT molecular complexity index is 630. The number of hydrogen-bond donors (Lipinski definition) is 2. The number of benzene rings is 1. The molecular weight excluding hydrogens is 318 g/mol. The molecule has 25 heavy (non-hydrogen) atoms. The van der Waals surface area contributed by atoms with Crippen molar-refractivity contribution in [2.75, 3.05) is 27.9 Å². The van der Waals surface area contributed by atoms with Gasteiger partial charge >= 0.3 is 0 Å². The molecule has 1 aliphatic carbocycles. The summed E-state index contributed by atoms with van der Waals surface area (Å²) < 4.78 is 16.2. The van der Waals surface area contributed by atoms with Crippen LogP contribution in [0.15, 0.2) is 23.2 Å². The second kappa shape index (κ2) is 7.52. The molecule has 1 saturated carbocycles. The lowest BCUT2D eigenvalue weighted by atomic mass is 9.56. The van der Waals surface area contributed by atoms with Gasteiger partial charge in [-0.2, -0.15) is 0 Å². The Morgan fingerprint density at radius 3 is 2.44 bits per heavy atom. The van der Waals surface area contributed by atoms with Crippen LogP contribution >= 0.6 is 0 Å². The van der Waals surface area contributed by atoms with Crippen molar-refractivity contribution in [1.29, 1.82) is 0 Å². The zero-order valence-electron chi connectivity index (χ0n) is 16.2. The third-order valence-electron chi connectivity index (χ3n) is 5.73. The molecule has 2 unspecified atom stereocenters. The van der Waals surface area contributed by atoms with E-state index in [-0.39, 0.29) is 17.1 Å². The first-order valence-corrected chi connectivity index (χ1v) is 8.60. The summed E-state index contributed by atoms with van der Waals surface area (Å²) in [6.07, 6.45) is 1.70. The maximum Gasteiger partial charge on any atom is 0.188 e. The number of guanidine groups is 1. The van der Waals surface area contributed by atoms with E-state index in [0.29, 0.717) is 12.5 Å². The van der Waals surface area contributed by atoms with Crippen LogP contribution in [0.5, 0.6) is 11.5 Å². The number of nitrogens with two attached hydrogens (primary N) is 1. The number of rotatable bonds is 7. The average Bonchev–Trinajstić information content (AvgIpc) is 2.60. The van der Waals surface area contributed by atoms with E-state index in [1.807, 2.05) is 18.2 Å². The molecule has 6 nitrogen and oxygen atoms in total. The maximum absolute atomic E-state index is 6.05. The summed E-state index contributed by atoms with van der Waals surface area (Å²) >= 11 is 0. The Kier molecular flexibility index (Phi) is 5.83. The van der Waals surface area contributed by atoms with Gasteiger partial charge in [0.15, 0.2) is 17.5 Å². The standard InChI is InChI=1S/C19H31N3O3/c1-18(2)16(12-19(18,3)25-6)22-17(20)21-10-9-13-7-8-14(23-4)15(11-13)24-5/h7-8,11,16H,9-10,12H2,1-6H3,(H3,20,21,22). The van der Waals surface area contributed by atoms with E-state index in [1.165, 1.54) is 0 Å². The number of ether oxygens (including phenoxy) is 3. The van der Waals surface area contributed by atoms with Crippen LogP contribution in [0.2, 0.25) is 0 Å². The number of nitrogens with one attached hydrogen (secondary N) is 1. The molecule has 0 bridgehead atoms. The van der Waals surface area contributed by atoms with Crippen LogP contribution in [-0.4, -0.2) is 45.5 Å². The molecule has 3 N–H and O–H groups in total. The van der Waals surface area contributed by atoms with E-state index >= 15 is 0 Å². The van der Waals surface area contributed by atoms with Gasteiger partial charge in [0.05, 0.1) is 19.8 Å². The topological polar surface area (TPSA) is 78.1 Å². The molecule has 1 aromatic rings. The lowest BCUT2D eigenvalue weighted by Crippen LogP contribution is -2.69. The summed E-state index contributed by atoms with van der Waals surface area (Å²) in [6.45, 7) is 7.13. The Balaban J connectivity index is 1.88. The van der Waals surface area contributed by atoms with Gasteiger partial charge in [-0.3, -0.25) is 4.99 Å². The van der Waals surface area contributed by atoms with Gasteiger partial charge in [0.1, 0.15) is 0 Å². The summed E-state index contributed by atoms with van der Waals surface area (Å²) in [5, 5.41) is 3.33. The lowest BCUT2D eigenvalue weighted by Gasteiger charge is -2.59. The zero-order valence-corrected chi connectivity index (χ0v) is 16.2. The van der Waals surface area contributed by atoms with Crippen LogP contribution in [0.3, 0.4) is 0 Å². The Morgan fingerprint density at radius 1 is 1.20 bits per heavy atom. The Hall–Kier alpha value is -1.95. The predicted octanol–water partition coefficient (Wildman–Crippen LogP) is 2.35. The molecule has 0 heterocycles. The quantitative estimate of drug-likeness (QED) is 0.584. The van der Waals surface area contributed by atoms with Crippen LogP contribution in [0.4, 0.5) is 0 Å². The fraction of sp³-hybridized carbons (Fsp3) is 0.632. The van der Waals surface area contributed by atoms with Gasteiger partial charge in [0.2, 0.25) is 0 Å². The Morgan fingerprint density at radius 2 is 1.88 bits per heavy atom. The van der Waals surface area contributed by atoms with Gasteiger partial charge in [0.25, 0.3) is 0 Å². The molecule has 0 radical (unpaired) electrons. The predicted molar refractivity (Wildman–Crippen MR) is 100 cm³/mol. The highest BCUT2D eigenvalue weighted by Gasteiger charge is 2.57. The molecule has 0 amide bonds. The first kappa shape index (κ1) is 19.4. The largest absolute Gasteiger partial charge is 0.493 e. The van der Waals surface area contributed by atoms with Gasteiger partial charge in [0, 0.05) is 25.1 Å². The van der Waals surface area contributed by atoms with Crippen LogP contribution in [0.1, 0.15) is 32.8 Å². The summed E-state index contributed by atoms with van der Waals surface area (Å²) in [6, 6.07) is 6.15. The molecule has 0 saturated heterocycles. The Labute approximate surface area is 150 Å². The molecule has 0 spiro atoms. The first-order chi connectivity index (χ1) is 11.8. The van der Waals surface area contributed by atoms with Crippen molar-refractivity contribution in [3.05, 3.63) is 23.8 Å². The van der Waals surface area contributed by atoms with E-state index < -0.39 is 0 Å². The first-order valence-electron chi connectivity index (χ1n) is 8.60. The number of aliphatic imine (C=N–C) groups is 1. The van der Waals surface area contributed by atoms with Gasteiger partial charge < -0.3 is 25.3 Å². The minimum atomic E-state index is -0.120. The minimum Gasteiger partial charge on any atom is -0.493 e.